The minimum atomic E-state index is -0.387. The zero-order valence-corrected chi connectivity index (χ0v) is 14.6. The maximum atomic E-state index is 11.8. The van der Waals surface area contributed by atoms with Crippen LogP contribution in [-0.4, -0.2) is 34.5 Å². The quantitative estimate of drug-likeness (QED) is 0.569. The van der Waals surface area contributed by atoms with Crippen molar-refractivity contribution < 1.29 is 4.92 Å². The van der Waals surface area contributed by atoms with Crippen LogP contribution in [0.15, 0.2) is 30.6 Å². The molecular weight excluding hydrogens is 306 g/mol. The Morgan fingerprint density at radius 1 is 1.08 bits per heavy atom. The molecule has 0 N–H and O–H groups in total. The third-order valence-corrected chi connectivity index (χ3v) is 3.91. The van der Waals surface area contributed by atoms with Crippen LogP contribution in [-0.2, 0) is 0 Å². The van der Waals surface area contributed by atoms with Gasteiger partial charge in [0.1, 0.15) is 6.33 Å². The lowest BCUT2D eigenvalue weighted by molar-refractivity contribution is -0.383. The van der Waals surface area contributed by atoms with Gasteiger partial charge < -0.3 is 9.80 Å². The summed E-state index contributed by atoms with van der Waals surface area (Å²) in [6.07, 6.45) is 1.40. The molecule has 24 heavy (non-hydrogen) atoms. The first-order valence-electron chi connectivity index (χ1n) is 8.11. The van der Waals surface area contributed by atoms with Gasteiger partial charge >= 0.3 is 5.69 Å². The van der Waals surface area contributed by atoms with Crippen molar-refractivity contribution in [3.63, 3.8) is 0 Å². The Morgan fingerprint density at radius 2 is 1.75 bits per heavy atom. The summed E-state index contributed by atoms with van der Waals surface area (Å²) in [6, 6.07) is 7.85. The highest BCUT2D eigenvalue weighted by molar-refractivity contribution is 5.76. The molecule has 0 aliphatic heterocycles. The second-order valence-corrected chi connectivity index (χ2v) is 5.38. The minimum absolute atomic E-state index is 0.0513. The molecule has 7 heteroatoms. The molecule has 0 bridgehead atoms. The van der Waals surface area contributed by atoms with E-state index >= 15 is 0 Å². The summed E-state index contributed by atoms with van der Waals surface area (Å²) in [5.41, 5.74) is 1.92. The van der Waals surface area contributed by atoms with E-state index in [0.29, 0.717) is 31.3 Å². The van der Waals surface area contributed by atoms with Gasteiger partial charge in [-0.3, -0.25) is 10.1 Å². The van der Waals surface area contributed by atoms with Gasteiger partial charge in [0.2, 0.25) is 11.6 Å². The predicted molar refractivity (Wildman–Crippen MR) is 96.1 cm³/mol. The van der Waals surface area contributed by atoms with Crippen molar-refractivity contribution in [2.24, 2.45) is 0 Å². The van der Waals surface area contributed by atoms with E-state index < -0.39 is 0 Å². The highest BCUT2D eigenvalue weighted by Gasteiger charge is 2.29. The highest BCUT2D eigenvalue weighted by Crippen LogP contribution is 2.37. The Hall–Kier alpha value is -2.70. The first-order valence-corrected chi connectivity index (χ1v) is 8.11. The van der Waals surface area contributed by atoms with Gasteiger partial charge in [-0.15, -0.1) is 0 Å². The highest BCUT2D eigenvalue weighted by atomic mass is 16.6. The number of benzene rings is 1. The van der Waals surface area contributed by atoms with Crippen molar-refractivity contribution in [2.45, 2.75) is 27.7 Å². The van der Waals surface area contributed by atoms with Gasteiger partial charge in [-0.1, -0.05) is 12.1 Å². The van der Waals surface area contributed by atoms with Crippen LogP contribution in [0, 0.1) is 17.0 Å². The van der Waals surface area contributed by atoms with E-state index in [9.17, 15) is 10.1 Å². The first kappa shape index (κ1) is 17.7. The summed E-state index contributed by atoms with van der Waals surface area (Å²) in [4.78, 5) is 23.5. The first-order chi connectivity index (χ1) is 11.5. The number of aryl methyl sites for hydroxylation is 1. The molecule has 0 saturated heterocycles. The van der Waals surface area contributed by atoms with E-state index in [1.165, 1.54) is 6.33 Å². The molecule has 0 saturated carbocycles. The predicted octanol–water partition coefficient (Wildman–Crippen LogP) is 3.70. The topological polar surface area (TPSA) is 75.4 Å². The SMILES string of the molecule is CCN(CC)c1ncnc(N(CC)c2cccc(C)c2)c1[N+](=O)[O-]. The second kappa shape index (κ2) is 7.72. The van der Waals surface area contributed by atoms with Crippen LogP contribution in [0.3, 0.4) is 0 Å². The minimum Gasteiger partial charge on any atom is -0.351 e. The van der Waals surface area contributed by atoms with Gasteiger partial charge in [0.15, 0.2) is 0 Å². The monoisotopic (exact) mass is 329 g/mol. The summed E-state index contributed by atoms with van der Waals surface area (Å²) in [5, 5.41) is 11.8. The second-order valence-electron chi connectivity index (χ2n) is 5.38. The van der Waals surface area contributed by atoms with E-state index in [1.54, 1.807) is 0 Å². The van der Waals surface area contributed by atoms with Crippen LogP contribution in [0.25, 0.3) is 0 Å². The maximum Gasteiger partial charge on any atom is 0.353 e. The molecule has 0 spiro atoms. The summed E-state index contributed by atoms with van der Waals surface area (Å²) in [7, 11) is 0. The molecule has 0 aliphatic rings. The Kier molecular flexibility index (Phi) is 5.68. The average molecular weight is 329 g/mol. The number of anilines is 3. The van der Waals surface area contributed by atoms with Gasteiger partial charge in [-0.2, -0.15) is 0 Å². The normalized spacial score (nSPS) is 10.5. The Bertz CT molecular complexity index is 716. The van der Waals surface area contributed by atoms with Crippen molar-refractivity contribution in [2.75, 3.05) is 29.4 Å². The fourth-order valence-electron chi connectivity index (χ4n) is 2.73. The van der Waals surface area contributed by atoms with Gasteiger partial charge in [-0.25, -0.2) is 9.97 Å². The zero-order chi connectivity index (χ0) is 17.7. The van der Waals surface area contributed by atoms with Crippen LogP contribution >= 0.6 is 0 Å². The van der Waals surface area contributed by atoms with E-state index in [2.05, 4.69) is 9.97 Å². The van der Waals surface area contributed by atoms with E-state index in [0.717, 1.165) is 11.3 Å². The van der Waals surface area contributed by atoms with Crippen molar-refractivity contribution in [1.29, 1.82) is 0 Å². The third kappa shape index (κ3) is 3.45. The Morgan fingerprint density at radius 3 is 2.29 bits per heavy atom. The Balaban J connectivity index is 2.63. The fourth-order valence-corrected chi connectivity index (χ4v) is 2.73. The molecule has 0 amide bonds. The summed E-state index contributed by atoms with van der Waals surface area (Å²) >= 11 is 0. The molecule has 1 aromatic heterocycles. The van der Waals surface area contributed by atoms with Crippen molar-refractivity contribution >= 4 is 23.0 Å². The molecule has 0 fully saturated rings. The van der Waals surface area contributed by atoms with Gasteiger partial charge in [0.25, 0.3) is 0 Å². The number of nitrogens with zero attached hydrogens (tertiary/aromatic N) is 5. The largest absolute Gasteiger partial charge is 0.353 e. The standard InChI is InChI=1S/C17H23N5O2/c1-5-20(6-2)16-15(22(23)24)17(19-12-18-16)21(7-3)14-10-8-9-13(4)11-14/h8-12H,5-7H2,1-4H3. The van der Waals surface area contributed by atoms with Crippen LogP contribution in [0.4, 0.5) is 23.0 Å². The fraction of sp³-hybridized carbons (Fsp3) is 0.412. The number of rotatable bonds is 7. The molecule has 1 heterocycles. The molecule has 0 radical (unpaired) electrons. The molecular formula is C17H23N5O2. The number of hydrogen-bond donors (Lipinski definition) is 0. The molecule has 0 aliphatic carbocycles. The summed E-state index contributed by atoms with van der Waals surface area (Å²) < 4.78 is 0. The smallest absolute Gasteiger partial charge is 0.351 e. The van der Waals surface area contributed by atoms with Crippen molar-refractivity contribution in [1.82, 2.24) is 9.97 Å². The lowest BCUT2D eigenvalue weighted by atomic mass is 10.2. The lowest BCUT2D eigenvalue weighted by Gasteiger charge is -2.25. The molecule has 2 rings (SSSR count). The lowest BCUT2D eigenvalue weighted by Crippen LogP contribution is -2.26. The maximum absolute atomic E-state index is 11.8. The van der Waals surface area contributed by atoms with E-state index in [4.69, 9.17) is 0 Å². The van der Waals surface area contributed by atoms with Crippen molar-refractivity contribution in [3.05, 3.63) is 46.3 Å². The molecule has 0 unspecified atom stereocenters. The summed E-state index contributed by atoms with van der Waals surface area (Å²) in [5.74, 6) is 0.686. The van der Waals surface area contributed by atoms with Crippen LogP contribution in [0.2, 0.25) is 0 Å². The zero-order valence-electron chi connectivity index (χ0n) is 14.6. The molecule has 1 aromatic carbocycles. The van der Waals surface area contributed by atoms with E-state index in [1.807, 2.05) is 61.8 Å². The number of nitro groups is 1. The third-order valence-electron chi connectivity index (χ3n) is 3.91. The molecule has 0 atom stereocenters. The summed E-state index contributed by atoms with van der Waals surface area (Å²) in [6.45, 7) is 9.70. The number of aromatic nitrogens is 2. The molecule has 128 valence electrons. The number of hydrogen-bond acceptors (Lipinski definition) is 6. The van der Waals surface area contributed by atoms with E-state index in [-0.39, 0.29) is 10.6 Å². The van der Waals surface area contributed by atoms with Gasteiger partial charge in [0, 0.05) is 25.3 Å². The van der Waals surface area contributed by atoms with Crippen molar-refractivity contribution in [3.8, 4) is 0 Å². The van der Waals surface area contributed by atoms with Crippen LogP contribution in [0.1, 0.15) is 26.3 Å². The van der Waals surface area contributed by atoms with Gasteiger partial charge in [-0.05, 0) is 45.4 Å². The van der Waals surface area contributed by atoms with Crippen LogP contribution in [0.5, 0.6) is 0 Å². The average Bonchev–Trinajstić information content (AvgIpc) is 2.57. The molecule has 7 nitrogen and oxygen atoms in total. The van der Waals surface area contributed by atoms with Gasteiger partial charge in [0.05, 0.1) is 4.92 Å². The molecule has 2 aromatic rings. The van der Waals surface area contributed by atoms with Crippen LogP contribution < -0.4 is 9.80 Å². The Labute approximate surface area is 142 Å².